The average molecular weight is 412 g/mol. The molecule has 0 radical (unpaired) electrons. The van der Waals surface area contributed by atoms with Gasteiger partial charge in [0.25, 0.3) is 0 Å². The zero-order valence-corrected chi connectivity index (χ0v) is 17.6. The van der Waals surface area contributed by atoms with Crippen molar-refractivity contribution < 1.29 is 4.79 Å². The Morgan fingerprint density at radius 3 is 2.26 bits per heavy atom. The van der Waals surface area contributed by atoms with Crippen LogP contribution >= 0.6 is 0 Å². The summed E-state index contributed by atoms with van der Waals surface area (Å²) in [4.78, 5) is 25.7. The van der Waals surface area contributed by atoms with Crippen LogP contribution in [-0.4, -0.2) is 51.5 Å². The first kappa shape index (κ1) is 19.3. The average Bonchev–Trinajstić information content (AvgIpc) is 3.25. The number of hydrogen-bond acceptors (Lipinski definition) is 4. The Balaban J connectivity index is 1.63. The van der Waals surface area contributed by atoms with Crippen molar-refractivity contribution in [2.24, 2.45) is 0 Å². The fourth-order valence-electron chi connectivity index (χ4n) is 4.30. The molecule has 1 aliphatic heterocycles. The summed E-state index contributed by atoms with van der Waals surface area (Å²) in [5, 5.41) is 1.05. The molecule has 0 atom stereocenters. The van der Waals surface area contributed by atoms with Crippen molar-refractivity contribution in [1.29, 1.82) is 0 Å². The minimum atomic E-state index is 0.215. The third kappa shape index (κ3) is 3.54. The number of aromatic nitrogens is 3. The molecule has 4 aromatic rings. The summed E-state index contributed by atoms with van der Waals surface area (Å²) < 4.78 is 2.14. The Morgan fingerprint density at radius 2 is 1.58 bits per heavy atom. The molecule has 0 aliphatic carbocycles. The van der Waals surface area contributed by atoms with Gasteiger partial charge in [-0.3, -0.25) is 4.79 Å². The molecule has 1 saturated heterocycles. The van der Waals surface area contributed by atoms with Crippen molar-refractivity contribution >= 4 is 22.8 Å². The first-order chi connectivity index (χ1) is 15.3. The van der Waals surface area contributed by atoms with Crippen molar-refractivity contribution in [3.05, 3.63) is 73.2 Å². The molecular formula is C25H25N5O. The normalized spacial score (nSPS) is 14.2. The van der Waals surface area contributed by atoms with E-state index in [0.29, 0.717) is 6.42 Å². The van der Waals surface area contributed by atoms with Crippen molar-refractivity contribution in [3.63, 3.8) is 0 Å². The van der Waals surface area contributed by atoms with Crippen LogP contribution in [0.1, 0.15) is 13.3 Å². The maximum Gasteiger partial charge on any atom is 0.222 e. The van der Waals surface area contributed by atoms with Gasteiger partial charge in [-0.25, -0.2) is 9.97 Å². The molecule has 6 heteroatoms. The quantitative estimate of drug-likeness (QED) is 0.506. The van der Waals surface area contributed by atoms with E-state index in [-0.39, 0.29) is 5.91 Å². The van der Waals surface area contributed by atoms with Gasteiger partial charge in [0.2, 0.25) is 5.91 Å². The molecule has 31 heavy (non-hydrogen) atoms. The van der Waals surface area contributed by atoms with Crippen LogP contribution in [0.4, 0.5) is 5.82 Å². The highest BCUT2D eigenvalue weighted by atomic mass is 16.2. The van der Waals surface area contributed by atoms with Gasteiger partial charge in [0.05, 0.1) is 5.39 Å². The number of para-hydroxylation sites is 1. The van der Waals surface area contributed by atoms with E-state index in [1.54, 1.807) is 6.33 Å². The second kappa shape index (κ2) is 8.22. The van der Waals surface area contributed by atoms with E-state index in [1.807, 2.05) is 36.1 Å². The van der Waals surface area contributed by atoms with E-state index >= 15 is 0 Å². The monoisotopic (exact) mass is 411 g/mol. The van der Waals surface area contributed by atoms with Gasteiger partial charge in [-0.2, -0.15) is 0 Å². The van der Waals surface area contributed by atoms with E-state index in [0.717, 1.165) is 59.8 Å². The number of amides is 1. The van der Waals surface area contributed by atoms with Gasteiger partial charge in [-0.1, -0.05) is 55.5 Å². The molecule has 1 amide bonds. The number of fused-ring (bicyclic) bond motifs is 1. The van der Waals surface area contributed by atoms with Gasteiger partial charge in [-0.15, -0.1) is 0 Å². The van der Waals surface area contributed by atoms with E-state index < -0.39 is 0 Å². The number of carbonyl (C=O) groups excluding carboxylic acids is 1. The van der Waals surface area contributed by atoms with Gasteiger partial charge in [0, 0.05) is 50.0 Å². The number of rotatable bonds is 4. The lowest BCUT2D eigenvalue weighted by Gasteiger charge is -2.35. The Hall–Kier alpha value is -3.67. The molecule has 0 saturated carbocycles. The molecule has 2 aromatic heterocycles. The number of anilines is 1. The van der Waals surface area contributed by atoms with Crippen LogP contribution in [0.2, 0.25) is 0 Å². The lowest BCUT2D eigenvalue weighted by molar-refractivity contribution is -0.131. The summed E-state index contributed by atoms with van der Waals surface area (Å²) in [7, 11) is 0. The molecule has 3 heterocycles. The molecule has 0 N–H and O–H groups in total. The molecule has 0 bridgehead atoms. The predicted molar refractivity (Wildman–Crippen MR) is 123 cm³/mol. The third-order valence-electron chi connectivity index (χ3n) is 5.92. The van der Waals surface area contributed by atoms with E-state index in [1.165, 1.54) is 0 Å². The SMILES string of the molecule is CCC(=O)N1CCN(c2ncnc3c2c(-c2ccccc2)cn3-c2ccccc2)CC1. The van der Waals surface area contributed by atoms with Crippen molar-refractivity contribution in [1.82, 2.24) is 19.4 Å². The topological polar surface area (TPSA) is 54.3 Å². The number of piperazine rings is 1. The Morgan fingerprint density at radius 1 is 0.903 bits per heavy atom. The van der Waals surface area contributed by atoms with Crippen LogP contribution in [0.15, 0.2) is 73.2 Å². The summed E-state index contributed by atoms with van der Waals surface area (Å²) in [5.41, 5.74) is 4.21. The third-order valence-corrected chi connectivity index (χ3v) is 5.92. The molecule has 156 valence electrons. The first-order valence-electron chi connectivity index (χ1n) is 10.8. The van der Waals surface area contributed by atoms with Crippen LogP contribution in [0.5, 0.6) is 0 Å². The van der Waals surface area contributed by atoms with Crippen molar-refractivity contribution in [2.45, 2.75) is 13.3 Å². The molecule has 1 fully saturated rings. The van der Waals surface area contributed by atoms with E-state index in [9.17, 15) is 4.79 Å². The Kier molecular flexibility index (Phi) is 5.12. The van der Waals surface area contributed by atoms with Gasteiger partial charge in [0.15, 0.2) is 5.65 Å². The summed E-state index contributed by atoms with van der Waals surface area (Å²) in [6, 6.07) is 20.7. The summed E-state index contributed by atoms with van der Waals surface area (Å²) in [5.74, 6) is 1.15. The largest absolute Gasteiger partial charge is 0.352 e. The minimum absolute atomic E-state index is 0.215. The summed E-state index contributed by atoms with van der Waals surface area (Å²) in [6.07, 6.45) is 4.36. The molecule has 0 unspecified atom stereocenters. The Labute approximate surface area is 181 Å². The number of nitrogens with zero attached hydrogens (tertiary/aromatic N) is 5. The minimum Gasteiger partial charge on any atom is -0.352 e. The van der Waals surface area contributed by atoms with Gasteiger partial charge in [-0.05, 0) is 17.7 Å². The van der Waals surface area contributed by atoms with Crippen LogP contribution in [0.3, 0.4) is 0 Å². The molecule has 1 aliphatic rings. The van der Waals surface area contributed by atoms with Crippen molar-refractivity contribution in [3.8, 4) is 16.8 Å². The maximum atomic E-state index is 12.1. The number of benzene rings is 2. The smallest absolute Gasteiger partial charge is 0.222 e. The molecular weight excluding hydrogens is 386 g/mol. The zero-order chi connectivity index (χ0) is 21.2. The van der Waals surface area contributed by atoms with Gasteiger partial charge >= 0.3 is 0 Å². The summed E-state index contributed by atoms with van der Waals surface area (Å²) in [6.45, 7) is 4.89. The number of carbonyl (C=O) groups is 1. The Bertz CT molecular complexity index is 1190. The molecule has 2 aromatic carbocycles. The lowest BCUT2D eigenvalue weighted by atomic mass is 10.1. The van der Waals surface area contributed by atoms with E-state index in [4.69, 9.17) is 4.98 Å². The second-order valence-corrected chi connectivity index (χ2v) is 7.73. The fraction of sp³-hybridized carbons (Fsp3) is 0.240. The summed E-state index contributed by atoms with van der Waals surface area (Å²) >= 11 is 0. The predicted octanol–water partition coefficient (Wildman–Crippen LogP) is 4.15. The second-order valence-electron chi connectivity index (χ2n) is 7.73. The maximum absolute atomic E-state index is 12.1. The van der Waals surface area contributed by atoms with Gasteiger partial charge < -0.3 is 14.4 Å². The van der Waals surface area contributed by atoms with Gasteiger partial charge in [0.1, 0.15) is 12.1 Å². The fourth-order valence-corrected chi connectivity index (χ4v) is 4.30. The van der Waals surface area contributed by atoms with Crippen molar-refractivity contribution in [2.75, 3.05) is 31.1 Å². The van der Waals surface area contributed by atoms with Crippen LogP contribution in [0.25, 0.3) is 27.8 Å². The van der Waals surface area contributed by atoms with Crippen LogP contribution in [-0.2, 0) is 4.79 Å². The molecule has 0 spiro atoms. The lowest BCUT2D eigenvalue weighted by Crippen LogP contribution is -2.48. The zero-order valence-electron chi connectivity index (χ0n) is 17.6. The number of hydrogen-bond donors (Lipinski definition) is 0. The standard InChI is InChI=1S/C25H25N5O/c1-2-22(31)28-13-15-29(16-14-28)24-23-21(19-9-5-3-6-10-19)17-30(25(23)27-18-26-24)20-11-7-4-8-12-20/h3-12,17-18H,2,13-16H2,1H3. The highest BCUT2D eigenvalue weighted by Crippen LogP contribution is 2.36. The van der Waals surface area contributed by atoms with Crippen LogP contribution in [0, 0.1) is 0 Å². The van der Waals surface area contributed by atoms with Crippen LogP contribution < -0.4 is 4.90 Å². The first-order valence-corrected chi connectivity index (χ1v) is 10.8. The molecule has 5 rings (SSSR count). The highest BCUT2D eigenvalue weighted by molar-refractivity contribution is 6.02. The van der Waals surface area contributed by atoms with E-state index in [2.05, 4.69) is 57.0 Å². The molecule has 6 nitrogen and oxygen atoms in total. The highest BCUT2D eigenvalue weighted by Gasteiger charge is 2.25.